The van der Waals surface area contributed by atoms with Crippen molar-refractivity contribution in [1.82, 2.24) is 15.3 Å². The van der Waals surface area contributed by atoms with Crippen LogP contribution in [0.25, 0.3) is 0 Å². The van der Waals surface area contributed by atoms with Crippen molar-refractivity contribution in [2.75, 3.05) is 23.8 Å². The fourth-order valence-electron chi connectivity index (χ4n) is 2.11. The van der Waals surface area contributed by atoms with E-state index in [2.05, 4.69) is 60.9 Å². The van der Waals surface area contributed by atoms with Gasteiger partial charge in [-0.15, -0.1) is 0 Å². The Morgan fingerprint density at radius 3 is 2.92 bits per heavy atom. The molecule has 2 aromatic rings. The van der Waals surface area contributed by atoms with Crippen LogP contribution in [-0.2, 0) is 6.54 Å². The van der Waals surface area contributed by atoms with Gasteiger partial charge in [0.15, 0.2) is 0 Å². The van der Waals surface area contributed by atoms with Crippen molar-refractivity contribution in [3.63, 3.8) is 0 Å². The number of aliphatic hydroxyl groups excluding tert-OH is 1. The second-order valence-corrected chi connectivity index (χ2v) is 6.47. The SMILES string of the molecule is CCCNCc1cccc(Nc2ncc(Br)c(NC(C)CO)n2)c1. The van der Waals surface area contributed by atoms with Gasteiger partial charge in [0.1, 0.15) is 5.82 Å². The van der Waals surface area contributed by atoms with Crippen molar-refractivity contribution in [2.45, 2.75) is 32.9 Å². The highest BCUT2D eigenvalue weighted by Crippen LogP contribution is 2.22. The van der Waals surface area contributed by atoms with Gasteiger partial charge >= 0.3 is 0 Å². The van der Waals surface area contributed by atoms with Crippen molar-refractivity contribution in [1.29, 1.82) is 0 Å². The second-order valence-electron chi connectivity index (χ2n) is 5.62. The number of aromatic nitrogens is 2. The Labute approximate surface area is 151 Å². The van der Waals surface area contributed by atoms with Crippen LogP contribution in [0.5, 0.6) is 0 Å². The van der Waals surface area contributed by atoms with Gasteiger partial charge in [-0.1, -0.05) is 19.1 Å². The van der Waals surface area contributed by atoms with Crippen molar-refractivity contribution in [3.05, 3.63) is 40.5 Å². The Bertz CT molecular complexity index is 653. The summed E-state index contributed by atoms with van der Waals surface area (Å²) in [6.45, 7) is 5.91. The number of nitrogens with zero attached hydrogens (tertiary/aromatic N) is 2. The molecule has 1 unspecified atom stereocenters. The molecule has 1 heterocycles. The Morgan fingerprint density at radius 1 is 1.33 bits per heavy atom. The Morgan fingerprint density at radius 2 is 2.17 bits per heavy atom. The minimum absolute atomic E-state index is 0.0337. The number of hydrogen-bond donors (Lipinski definition) is 4. The van der Waals surface area contributed by atoms with Crippen LogP contribution in [0.1, 0.15) is 25.8 Å². The van der Waals surface area contributed by atoms with E-state index in [9.17, 15) is 0 Å². The van der Waals surface area contributed by atoms with Crippen molar-refractivity contribution in [2.24, 2.45) is 0 Å². The van der Waals surface area contributed by atoms with Gasteiger partial charge in [-0.3, -0.25) is 0 Å². The van der Waals surface area contributed by atoms with E-state index in [0.717, 1.165) is 29.7 Å². The molecule has 0 saturated heterocycles. The lowest BCUT2D eigenvalue weighted by molar-refractivity contribution is 0.281. The first kappa shape index (κ1) is 18.6. The first-order chi connectivity index (χ1) is 11.6. The molecule has 1 atom stereocenters. The maximum Gasteiger partial charge on any atom is 0.229 e. The summed E-state index contributed by atoms with van der Waals surface area (Å²) in [6.07, 6.45) is 2.81. The normalized spacial score (nSPS) is 12.0. The van der Waals surface area contributed by atoms with Crippen LogP contribution in [0.15, 0.2) is 34.9 Å². The summed E-state index contributed by atoms with van der Waals surface area (Å²) in [5.41, 5.74) is 2.15. The van der Waals surface area contributed by atoms with E-state index < -0.39 is 0 Å². The highest BCUT2D eigenvalue weighted by Gasteiger charge is 2.08. The van der Waals surface area contributed by atoms with Crippen molar-refractivity contribution >= 4 is 33.4 Å². The molecule has 0 radical (unpaired) electrons. The van der Waals surface area contributed by atoms with Gasteiger partial charge in [0, 0.05) is 24.5 Å². The van der Waals surface area contributed by atoms with E-state index in [1.807, 2.05) is 19.1 Å². The van der Waals surface area contributed by atoms with Gasteiger partial charge in [0.05, 0.1) is 11.1 Å². The van der Waals surface area contributed by atoms with E-state index in [0.29, 0.717) is 11.8 Å². The van der Waals surface area contributed by atoms with Crippen LogP contribution in [-0.4, -0.2) is 34.3 Å². The quantitative estimate of drug-likeness (QED) is 0.489. The fourth-order valence-corrected chi connectivity index (χ4v) is 2.41. The predicted molar refractivity (Wildman–Crippen MR) is 102 cm³/mol. The minimum Gasteiger partial charge on any atom is -0.394 e. The van der Waals surface area contributed by atoms with E-state index in [1.165, 1.54) is 5.56 Å². The highest BCUT2D eigenvalue weighted by molar-refractivity contribution is 9.10. The Balaban J connectivity index is 2.07. The summed E-state index contributed by atoms with van der Waals surface area (Å²) in [5.74, 6) is 1.15. The minimum atomic E-state index is -0.0861. The predicted octanol–water partition coefficient (Wildman–Crippen LogP) is 3.28. The molecule has 0 saturated carbocycles. The fraction of sp³-hybridized carbons (Fsp3) is 0.412. The number of halogens is 1. The molecule has 0 aliphatic heterocycles. The van der Waals surface area contributed by atoms with Crippen LogP contribution in [0.4, 0.5) is 17.5 Å². The number of benzene rings is 1. The molecular formula is C17H24BrN5O. The van der Waals surface area contributed by atoms with E-state index >= 15 is 0 Å². The molecule has 4 N–H and O–H groups in total. The van der Waals surface area contributed by atoms with Crippen LogP contribution < -0.4 is 16.0 Å². The molecule has 6 nitrogen and oxygen atoms in total. The highest BCUT2D eigenvalue weighted by atomic mass is 79.9. The van der Waals surface area contributed by atoms with Gasteiger partial charge in [-0.05, 0) is 53.5 Å². The summed E-state index contributed by atoms with van der Waals surface area (Å²) in [6, 6.07) is 8.08. The average Bonchev–Trinajstić information content (AvgIpc) is 2.58. The van der Waals surface area contributed by atoms with E-state index in [4.69, 9.17) is 5.11 Å². The summed E-state index contributed by atoms with van der Waals surface area (Å²) in [5, 5.41) is 18.9. The lowest BCUT2D eigenvalue weighted by Gasteiger charge is -2.14. The topological polar surface area (TPSA) is 82.1 Å². The van der Waals surface area contributed by atoms with Crippen LogP contribution >= 0.6 is 15.9 Å². The average molecular weight is 394 g/mol. The molecule has 24 heavy (non-hydrogen) atoms. The molecule has 0 fully saturated rings. The van der Waals surface area contributed by atoms with Crippen LogP contribution in [0.2, 0.25) is 0 Å². The molecule has 1 aromatic carbocycles. The third-order valence-corrected chi connectivity index (χ3v) is 3.92. The van der Waals surface area contributed by atoms with Gasteiger partial charge in [-0.2, -0.15) is 4.98 Å². The van der Waals surface area contributed by atoms with Crippen LogP contribution in [0, 0.1) is 0 Å². The maximum absolute atomic E-state index is 9.17. The molecule has 1 aromatic heterocycles. The standard InChI is InChI=1S/C17H24BrN5O/c1-3-7-19-9-13-5-4-6-14(8-13)22-17-20-10-15(18)16(23-17)21-12(2)11-24/h4-6,8,10,12,19,24H,3,7,9,11H2,1-2H3,(H2,20,21,22,23). The zero-order chi connectivity index (χ0) is 17.4. The van der Waals surface area contributed by atoms with Crippen LogP contribution in [0.3, 0.4) is 0 Å². The lowest BCUT2D eigenvalue weighted by atomic mass is 10.2. The number of aliphatic hydroxyl groups is 1. The molecule has 0 aliphatic carbocycles. The molecule has 7 heteroatoms. The molecule has 0 amide bonds. The van der Waals surface area contributed by atoms with Gasteiger partial charge in [0.25, 0.3) is 0 Å². The number of hydrogen-bond acceptors (Lipinski definition) is 6. The first-order valence-corrected chi connectivity index (χ1v) is 8.88. The van der Waals surface area contributed by atoms with Crippen molar-refractivity contribution in [3.8, 4) is 0 Å². The summed E-state index contributed by atoms with van der Waals surface area (Å²) in [7, 11) is 0. The van der Waals surface area contributed by atoms with Gasteiger partial charge in [0.2, 0.25) is 5.95 Å². The maximum atomic E-state index is 9.17. The monoisotopic (exact) mass is 393 g/mol. The van der Waals surface area contributed by atoms with Crippen molar-refractivity contribution < 1.29 is 5.11 Å². The molecule has 130 valence electrons. The van der Waals surface area contributed by atoms with Gasteiger partial charge in [-0.25, -0.2) is 4.98 Å². The zero-order valence-electron chi connectivity index (χ0n) is 14.0. The molecular weight excluding hydrogens is 370 g/mol. The Kier molecular flexibility index (Phi) is 7.42. The van der Waals surface area contributed by atoms with E-state index in [1.54, 1.807) is 6.20 Å². The summed E-state index contributed by atoms with van der Waals surface area (Å²) >= 11 is 3.42. The third kappa shape index (κ3) is 5.74. The smallest absolute Gasteiger partial charge is 0.229 e. The number of anilines is 3. The largest absolute Gasteiger partial charge is 0.394 e. The number of nitrogens with one attached hydrogen (secondary N) is 3. The first-order valence-electron chi connectivity index (χ1n) is 8.09. The third-order valence-electron chi connectivity index (χ3n) is 3.34. The second kappa shape index (κ2) is 9.56. The molecule has 0 aliphatic rings. The summed E-state index contributed by atoms with van der Waals surface area (Å²) < 4.78 is 0.755. The van der Waals surface area contributed by atoms with E-state index in [-0.39, 0.29) is 12.6 Å². The summed E-state index contributed by atoms with van der Waals surface area (Å²) in [4.78, 5) is 8.74. The zero-order valence-corrected chi connectivity index (χ0v) is 15.6. The number of rotatable bonds is 9. The molecule has 2 rings (SSSR count). The Hall–Kier alpha value is -1.70. The lowest BCUT2D eigenvalue weighted by Crippen LogP contribution is -2.20. The van der Waals surface area contributed by atoms with Gasteiger partial charge < -0.3 is 21.1 Å². The molecule has 0 bridgehead atoms. The molecule has 0 spiro atoms.